The molecule has 31 heavy (non-hydrogen) atoms. The van der Waals surface area contributed by atoms with Crippen LogP contribution in [0.25, 0.3) is 10.9 Å². The molecule has 2 aromatic carbocycles. The minimum absolute atomic E-state index is 0.102. The molecule has 0 atom stereocenters. The Bertz CT molecular complexity index is 1200. The second-order valence-electron chi connectivity index (χ2n) is 7.12. The van der Waals surface area contributed by atoms with Crippen LogP contribution in [0, 0.1) is 0 Å². The van der Waals surface area contributed by atoms with E-state index < -0.39 is 24.4 Å². The Kier molecular flexibility index (Phi) is 5.64. The van der Waals surface area contributed by atoms with Crippen LogP contribution in [0.4, 0.5) is 0 Å². The topological polar surface area (TPSA) is 106 Å². The van der Waals surface area contributed by atoms with Crippen LogP contribution >= 0.6 is 0 Å². The maximum atomic E-state index is 12.6. The molecule has 0 aliphatic carbocycles. The smallest absolute Gasteiger partial charge is 0.338 e. The van der Waals surface area contributed by atoms with Gasteiger partial charge in [-0.2, -0.15) is 0 Å². The van der Waals surface area contributed by atoms with E-state index in [-0.39, 0.29) is 29.0 Å². The number of hydrogen-bond donors (Lipinski definition) is 1. The summed E-state index contributed by atoms with van der Waals surface area (Å²) in [6.07, 6.45) is 2.10. The number of methoxy groups -OCH3 is 1. The molecular weight excluding hydrogens is 400 g/mol. The van der Waals surface area contributed by atoms with E-state index in [2.05, 4.69) is 4.98 Å². The van der Waals surface area contributed by atoms with Crippen LogP contribution < -0.4 is 0 Å². The van der Waals surface area contributed by atoms with Crippen molar-refractivity contribution in [3.63, 3.8) is 0 Å². The van der Waals surface area contributed by atoms with Crippen molar-refractivity contribution < 1.29 is 28.7 Å². The quantitative estimate of drug-likeness (QED) is 0.260. The number of carbonyl (C=O) groups excluding carboxylic acids is 4. The van der Waals surface area contributed by atoms with Crippen LogP contribution in [-0.2, 0) is 9.47 Å². The number of aromatic nitrogens is 1. The molecule has 8 nitrogen and oxygen atoms in total. The Hall–Kier alpha value is -3.78. The predicted octanol–water partition coefficient (Wildman–Crippen LogP) is 2.84. The van der Waals surface area contributed by atoms with Crippen LogP contribution in [0.3, 0.4) is 0 Å². The minimum atomic E-state index is -0.742. The summed E-state index contributed by atoms with van der Waals surface area (Å²) in [6.45, 7) is 0.225. The van der Waals surface area contributed by atoms with Crippen molar-refractivity contribution in [1.82, 2.24) is 9.88 Å². The molecule has 8 heteroatoms. The van der Waals surface area contributed by atoms with Gasteiger partial charge in [-0.3, -0.25) is 19.3 Å². The van der Waals surface area contributed by atoms with Gasteiger partial charge in [0.25, 0.3) is 11.8 Å². The molecular formula is C23H20N2O6. The molecule has 0 radical (unpaired) electrons. The van der Waals surface area contributed by atoms with Gasteiger partial charge in [-0.1, -0.05) is 18.2 Å². The number of para-hydroxylation sites is 1. The van der Waals surface area contributed by atoms with Crippen molar-refractivity contribution in [2.45, 2.75) is 6.42 Å². The van der Waals surface area contributed by atoms with Gasteiger partial charge in [-0.05, 0) is 30.7 Å². The molecule has 2 amide bonds. The molecule has 3 aromatic rings. The molecule has 0 spiro atoms. The number of hydrogen-bond acceptors (Lipinski definition) is 6. The lowest BCUT2D eigenvalue weighted by molar-refractivity contribution is 0.0475. The number of nitrogens with zero attached hydrogens (tertiary/aromatic N) is 1. The van der Waals surface area contributed by atoms with Crippen molar-refractivity contribution in [3.05, 3.63) is 70.9 Å². The standard InChI is InChI=1S/C23H20N2O6/c1-30-10-4-9-25-21(27)16-8-7-14(11-17(16)22(25)28)23(29)31-13-20(26)18-12-24-19-6-3-2-5-15(18)19/h2-3,5-8,11-12,24H,4,9-10,13H2,1H3. The van der Waals surface area contributed by atoms with E-state index in [1.165, 1.54) is 18.2 Å². The number of fused-ring (bicyclic) bond motifs is 2. The largest absolute Gasteiger partial charge is 0.454 e. The maximum absolute atomic E-state index is 12.6. The fourth-order valence-electron chi connectivity index (χ4n) is 3.58. The zero-order valence-corrected chi connectivity index (χ0v) is 16.8. The number of Topliss-reactive ketones (excluding diaryl/α,β-unsaturated/α-hetero) is 1. The molecule has 1 aromatic heterocycles. The van der Waals surface area contributed by atoms with Gasteiger partial charge in [0, 0.05) is 42.9 Å². The maximum Gasteiger partial charge on any atom is 0.338 e. The number of esters is 1. The summed E-state index contributed by atoms with van der Waals surface area (Å²) < 4.78 is 10.1. The number of aromatic amines is 1. The highest BCUT2D eigenvalue weighted by Crippen LogP contribution is 2.25. The van der Waals surface area contributed by atoms with Crippen LogP contribution in [0.1, 0.15) is 47.9 Å². The third kappa shape index (κ3) is 3.85. The fourth-order valence-corrected chi connectivity index (χ4v) is 3.58. The summed E-state index contributed by atoms with van der Waals surface area (Å²) in [5.41, 5.74) is 1.75. The van der Waals surface area contributed by atoms with Gasteiger partial charge in [0.15, 0.2) is 6.61 Å². The number of ketones is 1. The molecule has 1 aliphatic heterocycles. The van der Waals surface area contributed by atoms with E-state index in [0.717, 1.165) is 15.8 Å². The molecule has 0 unspecified atom stereocenters. The summed E-state index contributed by atoms with van der Waals surface area (Å²) in [7, 11) is 1.55. The van der Waals surface area contributed by atoms with Crippen molar-refractivity contribution in [2.75, 3.05) is 26.9 Å². The first-order valence-electron chi connectivity index (χ1n) is 9.77. The Balaban J connectivity index is 1.44. The van der Waals surface area contributed by atoms with Gasteiger partial charge in [-0.15, -0.1) is 0 Å². The van der Waals surface area contributed by atoms with E-state index in [9.17, 15) is 19.2 Å². The number of rotatable bonds is 8. The van der Waals surface area contributed by atoms with Crippen molar-refractivity contribution >= 4 is 34.5 Å². The molecule has 0 fully saturated rings. The fraction of sp³-hybridized carbons (Fsp3) is 0.217. The lowest BCUT2D eigenvalue weighted by Gasteiger charge is -2.12. The van der Waals surface area contributed by atoms with E-state index in [1.807, 2.05) is 24.3 Å². The van der Waals surface area contributed by atoms with Crippen molar-refractivity contribution in [2.24, 2.45) is 0 Å². The third-order valence-corrected chi connectivity index (χ3v) is 5.16. The summed E-state index contributed by atoms with van der Waals surface area (Å²) in [5.74, 6) is -1.94. The molecule has 0 saturated carbocycles. The average Bonchev–Trinajstić information content (AvgIpc) is 3.32. The summed E-state index contributed by atoms with van der Waals surface area (Å²) >= 11 is 0. The number of H-pyrrole nitrogens is 1. The molecule has 158 valence electrons. The minimum Gasteiger partial charge on any atom is -0.454 e. The van der Waals surface area contributed by atoms with E-state index in [0.29, 0.717) is 18.6 Å². The van der Waals surface area contributed by atoms with Crippen LogP contribution in [0.5, 0.6) is 0 Å². The summed E-state index contributed by atoms with van der Waals surface area (Å²) in [6, 6.07) is 11.5. The number of imide groups is 1. The van der Waals surface area contributed by atoms with Crippen LogP contribution in [0.15, 0.2) is 48.7 Å². The predicted molar refractivity (Wildman–Crippen MR) is 111 cm³/mol. The SMILES string of the molecule is COCCCN1C(=O)c2ccc(C(=O)OCC(=O)c3c[nH]c4ccccc34)cc2C1=O. The van der Waals surface area contributed by atoms with Gasteiger partial charge in [-0.25, -0.2) is 4.79 Å². The normalized spacial score (nSPS) is 13.0. The molecule has 2 heterocycles. The second kappa shape index (κ2) is 8.53. The van der Waals surface area contributed by atoms with Gasteiger partial charge in [0.2, 0.25) is 5.78 Å². The highest BCUT2D eigenvalue weighted by molar-refractivity contribution is 6.22. The number of nitrogens with one attached hydrogen (secondary N) is 1. The van der Waals surface area contributed by atoms with Crippen molar-refractivity contribution in [1.29, 1.82) is 0 Å². The molecule has 0 saturated heterocycles. The number of amides is 2. The first-order valence-corrected chi connectivity index (χ1v) is 9.77. The van der Waals surface area contributed by atoms with E-state index >= 15 is 0 Å². The Morgan fingerprint density at radius 1 is 1.03 bits per heavy atom. The molecule has 1 N–H and O–H groups in total. The first kappa shape index (κ1) is 20.5. The third-order valence-electron chi connectivity index (χ3n) is 5.16. The van der Waals surface area contributed by atoms with E-state index in [1.54, 1.807) is 13.3 Å². The first-order chi connectivity index (χ1) is 15.0. The average molecular weight is 420 g/mol. The van der Waals surface area contributed by atoms with Crippen molar-refractivity contribution in [3.8, 4) is 0 Å². The lowest BCUT2D eigenvalue weighted by atomic mass is 10.1. The zero-order chi connectivity index (χ0) is 22.0. The highest BCUT2D eigenvalue weighted by atomic mass is 16.5. The summed E-state index contributed by atoms with van der Waals surface area (Å²) in [5, 5.41) is 0.749. The van der Waals surface area contributed by atoms with Gasteiger partial charge in [0.05, 0.1) is 16.7 Å². The monoisotopic (exact) mass is 420 g/mol. The number of ether oxygens (including phenoxy) is 2. The second-order valence-corrected chi connectivity index (χ2v) is 7.12. The Labute approximate surface area is 177 Å². The van der Waals surface area contributed by atoms with Gasteiger partial charge in [0.1, 0.15) is 0 Å². The summed E-state index contributed by atoms with van der Waals surface area (Å²) in [4.78, 5) is 54.1. The zero-order valence-electron chi connectivity index (χ0n) is 16.8. The van der Waals surface area contributed by atoms with Gasteiger partial charge < -0.3 is 14.5 Å². The lowest BCUT2D eigenvalue weighted by Crippen LogP contribution is -2.31. The van der Waals surface area contributed by atoms with Gasteiger partial charge >= 0.3 is 5.97 Å². The molecule has 1 aliphatic rings. The Morgan fingerprint density at radius 3 is 2.61 bits per heavy atom. The molecule has 4 rings (SSSR count). The van der Waals surface area contributed by atoms with Crippen LogP contribution in [-0.4, -0.2) is 60.3 Å². The number of benzene rings is 2. The van der Waals surface area contributed by atoms with Crippen LogP contribution in [0.2, 0.25) is 0 Å². The number of carbonyl (C=O) groups is 4. The highest BCUT2D eigenvalue weighted by Gasteiger charge is 2.35. The Morgan fingerprint density at radius 2 is 1.81 bits per heavy atom. The molecule has 0 bridgehead atoms. The van der Waals surface area contributed by atoms with E-state index in [4.69, 9.17) is 9.47 Å².